The lowest BCUT2D eigenvalue weighted by Crippen LogP contribution is -2.30. The van der Waals surface area contributed by atoms with E-state index in [1.807, 2.05) is 0 Å². The Kier molecular flexibility index (Phi) is 2.87. The Morgan fingerprint density at radius 1 is 1.12 bits per heavy atom. The van der Waals surface area contributed by atoms with Gasteiger partial charge < -0.3 is 5.32 Å². The van der Waals surface area contributed by atoms with E-state index in [-0.39, 0.29) is 0 Å². The van der Waals surface area contributed by atoms with Crippen molar-refractivity contribution in [1.82, 2.24) is 5.32 Å². The zero-order valence-electron chi connectivity index (χ0n) is 9.76. The second-order valence-corrected chi connectivity index (χ2v) is 5.33. The first-order valence-electron chi connectivity index (χ1n) is 6.41. The molecule has 2 aliphatic rings. The van der Waals surface area contributed by atoms with Crippen LogP contribution in [0.5, 0.6) is 0 Å². The van der Waals surface area contributed by atoms with Crippen molar-refractivity contribution < 1.29 is 8.78 Å². The number of halogens is 2. The predicted octanol–water partition coefficient (Wildman–Crippen LogP) is 2.90. The van der Waals surface area contributed by atoms with Gasteiger partial charge >= 0.3 is 0 Å². The topological polar surface area (TPSA) is 12.0 Å². The monoisotopic (exact) mass is 237 g/mol. The van der Waals surface area contributed by atoms with Gasteiger partial charge in [0, 0.05) is 12.1 Å². The molecule has 0 aliphatic heterocycles. The third-order valence-corrected chi connectivity index (χ3v) is 4.09. The second kappa shape index (κ2) is 4.37. The normalized spacial score (nSPS) is 30.4. The summed E-state index contributed by atoms with van der Waals surface area (Å²) in [5.41, 5.74) is 0.736. The minimum Gasteiger partial charge on any atom is -0.313 e. The molecule has 3 heteroatoms. The first-order chi connectivity index (χ1) is 8.22. The van der Waals surface area contributed by atoms with E-state index >= 15 is 0 Å². The first-order valence-corrected chi connectivity index (χ1v) is 6.41. The Morgan fingerprint density at radius 3 is 2.47 bits per heavy atom. The lowest BCUT2D eigenvalue weighted by molar-refractivity contribution is 0.477. The van der Waals surface area contributed by atoms with Crippen LogP contribution in [0.15, 0.2) is 18.2 Å². The number of hydrogen-bond donors (Lipinski definition) is 1. The van der Waals surface area contributed by atoms with Gasteiger partial charge in [0.25, 0.3) is 0 Å². The van der Waals surface area contributed by atoms with Crippen molar-refractivity contribution in [2.24, 2.45) is 11.8 Å². The Balaban J connectivity index is 1.50. The van der Waals surface area contributed by atoms with Crippen molar-refractivity contribution >= 4 is 0 Å². The summed E-state index contributed by atoms with van der Waals surface area (Å²) in [4.78, 5) is 0. The average molecular weight is 237 g/mol. The molecule has 17 heavy (non-hydrogen) atoms. The van der Waals surface area contributed by atoms with Gasteiger partial charge in [-0.05, 0) is 61.8 Å². The van der Waals surface area contributed by atoms with Gasteiger partial charge in [0.15, 0.2) is 0 Å². The van der Waals surface area contributed by atoms with Gasteiger partial charge in [-0.3, -0.25) is 0 Å². The minimum absolute atomic E-state index is 0.483. The number of rotatable bonds is 4. The SMILES string of the molecule is Fc1cc(F)cc(CCNC2CCC3CC32)c1. The summed E-state index contributed by atoms with van der Waals surface area (Å²) in [5.74, 6) is 0.893. The summed E-state index contributed by atoms with van der Waals surface area (Å²) in [6, 6.07) is 4.40. The summed E-state index contributed by atoms with van der Waals surface area (Å²) in [6.07, 6.45) is 4.71. The molecule has 3 atom stereocenters. The van der Waals surface area contributed by atoms with Gasteiger partial charge in [0.1, 0.15) is 11.6 Å². The van der Waals surface area contributed by atoms with Crippen LogP contribution in [0.2, 0.25) is 0 Å². The summed E-state index contributed by atoms with van der Waals surface area (Å²) in [5, 5.41) is 3.52. The van der Waals surface area contributed by atoms with Crippen molar-refractivity contribution in [3.63, 3.8) is 0 Å². The Morgan fingerprint density at radius 2 is 1.88 bits per heavy atom. The maximum Gasteiger partial charge on any atom is 0.126 e. The van der Waals surface area contributed by atoms with E-state index in [1.165, 1.54) is 31.4 Å². The lowest BCUT2D eigenvalue weighted by atomic mass is 10.1. The zero-order valence-corrected chi connectivity index (χ0v) is 9.76. The smallest absolute Gasteiger partial charge is 0.126 e. The van der Waals surface area contributed by atoms with Crippen LogP contribution in [0.3, 0.4) is 0 Å². The third kappa shape index (κ3) is 2.49. The molecule has 2 aliphatic carbocycles. The van der Waals surface area contributed by atoms with E-state index in [9.17, 15) is 8.78 Å². The predicted molar refractivity (Wildman–Crippen MR) is 62.7 cm³/mol. The Hall–Kier alpha value is -0.960. The molecule has 0 saturated heterocycles. The molecule has 3 unspecified atom stereocenters. The molecule has 0 amide bonds. The van der Waals surface area contributed by atoms with E-state index in [2.05, 4.69) is 5.32 Å². The molecule has 2 fully saturated rings. The molecule has 3 rings (SSSR count). The van der Waals surface area contributed by atoms with Crippen molar-refractivity contribution in [3.05, 3.63) is 35.4 Å². The summed E-state index contributed by atoms with van der Waals surface area (Å²) in [6.45, 7) is 0.816. The molecule has 1 N–H and O–H groups in total. The van der Waals surface area contributed by atoms with Gasteiger partial charge in [0.2, 0.25) is 0 Å². The number of hydrogen-bond acceptors (Lipinski definition) is 1. The molecule has 0 spiro atoms. The van der Waals surface area contributed by atoms with Crippen LogP contribution in [0.4, 0.5) is 8.78 Å². The fraction of sp³-hybridized carbons (Fsp3) is 0.571. The molecule has 92 valence electrons. The van der Waals surface area contributed by atoms with Crippen LogP contribution >= 0.6 is 0 Å². The number of nitrogens with one attached hydrogen (secondary N) is 1. The van der Waals surface area contributed by atoms with Crippen LogP contribution in [-0.2, 0) is 6.42 Å². The van der Waals surface area contributed by atoms with E-state index in [0.29, 0.717) is 12.5 Å². The van der Waals surface area contributed by atoms with Gasteiger partial charge in [-0.15, -0.1) is 0 Å². The highest BCUT2D eigenvalue weighted by atomic mass is 19.1. The van der Waals surface area contributed by atoms with Crippen LogP contribution in [-0.4, -0.2) is 12.6 Å². The minimum atomic E-state index is -0.483. The molecule has 1 aromatic rings. The van der Waals surface area contributed by atoms with Crippen molar-refractivity contribution in [2.75, 3.05) is 6.54 Å². The largest absolute Gasteiger partial charge is 0.313 e. The molecule has 0 radical (unpaired) electrons. The Labute approximate surface area is 100 Å². The molecular weight excluding hydrogens is 220 g/mol. The Bertz CT molecular complexity index is 398. The van der Waals surface area contributed by atoms with Gasteiger partial charge in [-0.2, -0.15) is 0 Å². The van der Waals surface area contributed by atoms with Crippen molar-refractivity contribution in [1.29, 1.82) is 0 Å². The van der Waals surface area contributed by atoms with E-state index in [4.69, 9.17) is 0 Å². The molecule has 1 aromatic carbocycles. The highest BCUT2D eigenvalue weighted by molar-refractivity contribution is 5.18. The van der Waals surface area contributed by atoms with Crippen molar-refractivity contribution in [2.45, 2.75) is 31.7 Å². The standard InChI is InChI=1S/C14H17F2N/c15-11-5-9(6-12(16)8-11)3-4-17-14-2-1-10-7-13(10)14/h5-6,8,10,13-14,17H,1-4,7H2. The van der Waals surface area contributed by atoms with Crippen LogP contribution < -0.4 is 5.32 Å². The highest BCUT2D eigenvalue weighted by Crippen LogP contribution is 2.51. The van der Waals surface area contributed by atoms with E-state index in [1.54, 1.807) is 0 Å². The van der Waals surface area contributed by atoms with Gasteiger partial charge in [-0.1, -0.05) is 0 Å². The quantitative estimate of drug-likeness (QED) is 0.849. The maximum atomic E-state index is 13.0. The molecule has 2 saturated carbocycles. The van der Waals surface area contributed by atoms with Gasteiger partial charge in [-0.25, -0.2) is 8.78 Å². The average Bonchev–Trinajstić information content (AvgIpc) is 2.93. The van der Waals surface area contributed by atoms with Gasteiger partial charge in [0.05, 0.1) is 0 Å². The summed E-state index contributed by atoms with van der Waals surface area (Å²) in [7, 11) is 0. The summed E-state index contributed by atoms with van der Waals surface area (Å²) < 4.78 is 25.9. The van der Waals surface area contributed by atoms with Crippen LogP contribution in [0.25, 0.3) is 0 Å². The fourth-order valence-electron chi connectivity index (χ4n) is 3.11. The lowest BCUT2D eigenvalue weighted by Gasteiger charge is -2.14. The van der Waals surface area contributed by atoms with E-state index < -0.39 is 11.6 Å². The molecule has 0 bridgehead atoms. The highest BCUT2D eigenvalue weighted by Gasteiger charge is 2.47. The zero-order chi connectivity index (χ0) is 11.8. The second-order valence-electron chi connectivity index (χ2n) is 5.33. The van der Waals surface area contributed by atoms with E-state index in [0.717, 1.165) is 30.0 Å². The first kappa shape index (κ1) is 11.1. The molecule has 0 heterocycles. The molecule has 0 aromatic heterocycles. The molecule has 1 nitrogen and oxygen atoms in total. The third-order valence-electron chi connectivity index (χ3n) is 4.09. The number of fused-ring (bicyclic) bond motifs is 1. The van der Waals surface area contributed by atoms with Crippen LogP contribution in [0, 0.1) is 23.5 Å². The fourth-order valence-corrected chi connectivity index (χ4v) is 3.11. The van der Waals surface area contributed by atoms with Crippen molar-refractivity contribution in [3.8, 4) is 0 Å². The van der Waals surface area contributed by atoms with Crippen LogP contribution in [0.1, 0.15) is 24.8 Å². The maximum absolute atomic E-state index is 13.0. The number of benzene rings is 1. The molecular formula is C14H17F2N. The summed E-state index contributed by atoms with van der Waals surface area (Å²) >= 11 is 0.